The molecule has 0 spiro atoms. The van der Waals surface area contributed by atoms with Crippen LogP contribution in [-0.4, -0.2) is 19.1 Å². The van der Waals surface area contributed by atoms with Crippen LogP contribution in [0.3, 0.4) is 0 Å². The third-order valence-corrected chi connectivity index (χ3v) is 3.14. The molecule has 5 heteroatoms. The summed E-state index contributed by atoms with van der Waals surface area (Å²) in [6.07, 6.45) is 0.942. The number of anilines is 1. The molecule has 4 nitrogen and oxygen atoms in total. The molecule has 0 unspecified atom stereocenters. The molecular formula is C18H20FNO3. The largest absolute Gasteiger partial charge is 0.494 e. The number of halogens is 1. The summed E-state index contributed by atoms with van der Waals surface area (Å²) in [5, 5.41) is 2.63. The van der Waals surface area contributed by atoms with Gasteiger partial charge in [-0.3, -0.25) is 4.79 Å². The van der Waals surface area contributed by atoms with Gasteiger partial charge >= 0.3 is 0 Å². The highest BCUT2D eigenvalue weighted by Crippen LogP contribution is 2.18. The minimum Gasteiger partial charge on any atom is -0.494 e. The van der Waals surface area contributed by atoms with Crippen LogP contribution in [0.25, 0.3) is 0 Å². The van der Waals surface area contributed by atoms with Crippen molar-refractivity contribution in [1.29, 1.82) is 0 Å². The zero-order valence-electron chi connectivity index (χ0n) is 13.3. The molecule has 0 saturated heterocycles. The van der Waals surface area contributed by atoms with Crippen LogP contribution in [-0.2, 0) is 4.79 Å². The van der Waals surface area contributed by atoms with Gasteiger partial charge < -0.3 is 14.8 Å². The molecule has 23 heavy (non-hydrogen) atoms. The van der Waals surface area contributed by atoms with Gasteiger partial charge in [-0.05, 0) is 55.3 Å². The van der Waals surface area contributed by atoms with Crippen LogP contribution in [0.1, 0.15) is 18.9 Å². The fraction of sp³-hybridized carbons (Fsp3) is 0.278. The van der Waals surface area contributed by atoms with E-state index in [2.05, 4.69) is 5.32 Å². The molecule has 0 bridgehead atoms. The number of carbonyl (C=O) groups is 1. The maximum Gasteiger partial charge on any atom is 0.262 e. The lowest BCUT2D eigenvalue weighted by molar-refractivity contribution is -0.118. The number of aryl methyl sites for hydroxylation is 1. The van der Waals surface area contributed by atoms with E-state index >= 15 is 0 Å². The van der Waals surface area contributed by atoms with Crippen LogP contribution in [0.4, 0.5) is 10.1 Å². The topological polar surface area (TPSA) is 47.6 Å². The van der Waals surface area contributed by atoms with Crippen LogP contribution >= 0.6 is 0 Å². The second-order valence-corrected chi connectivity index (χ2v) is 5.12. The first kappa shape index (κ1) is 16.8. The number of amides is 1. The zero-order valence-corrected chi connectivity index (χ0v) is 13.3. The molecule has 122 valence electrons. The van der Waals surface area contributed by atoms with E-state index in [4.69, 9.17) is 9.47 Å². The average molecular weight is 317 g/mol. The smallest absolute Gasteiger partial charge is 0.262 e. The average Bonchev–Trinajstić information content (AvgIpc) is 2.55. The Morgan fingerprint density at radius 2 is 1.74 bits per heavy atom. The van der Waals surface area contributed by atoms with Crippen LogP contribution in [0.5, 0.6) is 11.5 Å². The van der Waals surface area contributed by atoms with Gasteiger partial charge in [-0.1, -0.05) is 13.0 Å². The summed E-state index contributed by atoms with van der Waals surface area (Å²) < 4.78 is 24.1. The monoisotopic (exact) mass is 317 g/mol. The van der Waals surface area contributed by atoms with Crippen molar-refractivity contribution < 1.29 is 18.7 Å². The van der Waals surface area contributed by atoms with Gasteiger partial charge in [-0.25, -0.2) is 4.39 Å². The summed E-state index contributed by atoms with van der Waals surface area (Å²) in [7, 11) is 0. The van der Waals surface area contributed by atoms with Crippen molar-refractivity contribution in [2.45, 2.75) is 20.3 Å². The van der Waals surface area contributed by atoms with Gasteiger partial charge in [0, 0.05) is 5.69 Å². The predicted molar refractivity (Wildman–Crippen MR) is 87.5 cm³/mol. The molecule has 0 fully saturated rings. The van der Waals surface area contributed by atoms with Gasteiger partial charge in [0.1, 0.15) is 17.3 Å². The summed E-state index contributed by atoms with van der Waals surface area (Å²) in [5.74, 6) is 0.596. The van der Waals surface area contributed by atoms with Gasteiger partial charge in [0.05, 0.1) is 6.61 Å². The zero-order chi connectivity index (χ0) is 16.7. The molecule has 0 saturated carbocycles. The lowest BCUT2D eigenvalue weighted by Gasteiger charge is -2.10. The number of rotatable bonds is 7. The number of nitrogens with one attached hydrogen (secondary N) is 1. The summed E-state index contributed by atoms with van der Waals surface area (Å²) in [5.41, 5.74) is 1.24. The Kier molecular flexibility index (Phi) is 5.97. The summed E-state index contributed by atoms with van der Waals surface area (Å²) in [6, 6.07) is 11.3. The van der Waals surface area contributed by atoms with Gasteiger partial charge in [0.2, 0.25) is 0 Å². The Balaban J connectivity index is 1.85. The Morgan fingerprint density at radius 1 is 1.09 bits per heavy atom. The Labute approximate surface area is 135 Å². The highest BCUT2D eigenvalue weighted by molar-refractivity contribution is 5.92. The lowest BCUT2D eigenvalue weighted by Crippen LogP contribution is -2.20. The van der Waals surface area contributed by atoms with Gasteiger partial charge in [0.25, 0.3) is 5.91 Å². The van der Waals surface area contributed by atoms with Crippen molar-refractivity contribution in [3.8, 4) is 11.5 Å². The molecular weight excluding hydrogens is 297 g/mol. The van der Waals surface area contributed by atoms with Crippen molar-refractivity contribution >= 4 is 11.6 Å². The van der Waals surface area contributed by atoms with Crippen molar-refractivity contribution in [3.63, 3.8) is 0 Å². The number of hydrogen-bond donors (Lipinski definition) is 1. The third-order valence-electron chi connectivity index (χ3n) is 3.14. The SMILES string of the molecule is CCCOc1ccc(OCC(=O)Nc2cc(F)ccc2C)cc1. The predicted octanol–water partition coefficient (Wildman–Crippen LogP) is 3.94. The molecule has 2 aromatic carbocycles. The Hall–Kier alpha value is -2.56. The van der Waals surface area contributed by atoms with E-state index < -0.39 is 5.82 Å². The maximum atomic E-state index is 13.2. The fourth-order valence-electron chi connectivity index (χ4n) is 1.92. The highest BCUT2D eigenvalue weighted by Gasteiger charge is 2.07. The molecule has 2 aromatic rings. The van der Waals surface area contributed by atoms with Gasteiger partial charge in [-0.15, -0.1) is 0 Å². The Morgan fingerprint density at radius 3 is 2.39 bits per heavy atom. The van der Waals surface area contributed by atoms with E-state index in [0.29, 0.717) is 18.0 Å². The van der Waals surface area contributed by atoms with Crippen molar-refractivity contribution in [1.82, 2.24) is 0 Å². The first-order chi connectivity index (χ1) is 11.1. The maximum absolute atomic E-state index is 13.2. The van der Waals surface area contributed by atoms with Crippen LogP contribution in [0, 0.1) is 12.7 Å². The molecule has 0 aliphatic carbocycles. The molecule has 0 aromatic heterocycles. The number of ether oxygens (including phenoxy) is 2. The van der Waals surface area contributed by atoms with Crippen LogP contribution in [0.2, 0.25) is 0 Å². The number of carbonyl (C=O) groups excluding carboxylic acids is 1. The van der Waals surface area contributed by atoms with E-state index in [-0.39, 0.29) is 12.5 Å². The first-order valence-corrected chi connectivity index (χ1v) is 7.50. The van der Waals surface area contributed by atoms with Crippen molar-refractivity contribution in [2.75, 3.05) is 18.5 Å². The van der Waals surface area contributed by atoms with Crippen molar-refractivity contribution in [2.24, 2.45) is 0 Å². The molecule has 1 N–H and O–H groups in total. The Bertz CT molecular complexity index is 656. The normalized spacial score (nSPS) is 10.2. The fourth-order valence-corrected chi connectivity index (χ4v) is 1.92. The number of hydrogen-bond acceptors (Lipinski definition) is 3. The second kappa shape index (κ2) is 8.17. The van der Waals surface area contributed by atoms with Crippen molar-refractivity contribution in [3.05, 3.63) is 53.8 Å². The number of benzene rings is 2. The molecule has 0 aliphatic rings. The molecule has 0 atom stereocenters. The standard InChI is InChI=1S/C18H20FNO3/c1-3-10-22-15-6-8-16(9-7-15)23-12-18(21)20-17-11-14(19)5-4-13(17)2/h4-9,11H,3,10,12H2,1-2H3,(H,20,21). The summed E-state index contributed by atoms with van der Waals surface area (Å²) >= 11 is 0. The lowest BCUT2D eigenvalue weighted by atomic mass is 10.2. The van der Waals surface area contributed by atoms with Crippen LogP contribution < -0.4 is 14.8 Å². The van der Waals surface area contributed by atoms with E-state index in [1.54, 1.807) is 37.3 Å². The van der Waals surface area contributed by atoms with E-state index in [1.807, 2.05) is 6.92 Å². The highest BCUT2D eigenvalue weighted by atomic mass is 19.1. The van der Waals surface area contributed by atoms with E-state index in [9.17, 15) is 9.18 Å². The minimum absolute atomic E-state index is 0.148. The van der Waals surface area contributed by atoms with Gasteiger partial charge in [-0.2, -0.15) is 0 Å². The molecule has 0 radical (unpaired) electrons. The summed E-state index contributed by atoms with van der Waals surface area (Å²) in [6.45, 7) is 4.35. The molecule has 0 heterocycles. The molecule has 2 rings (SSSR count). The first-order valence-electron chi connectivity index (χ1n) is 7.50. The van der Waals surface area contributed by atoms with Crippen LogP contribution in [0.15, 0.2) is 42.5 Å². The summed E-state index contributed by atoms with van der Waals surface area (Å²) in [4.78, 5) is 11.9. The quantitative estimate of drug-likeness (QED) is 0.841. The van der Waals surface area contributed by atoms with E-state index in [0.717, 1.165) is 17.7 Å². The third kappa shape index (κ3) is 5.29. The van der Waals surface area contributed by atoms with E-state index in [1.165, 1.54) is 12.1 Å². The minimum atomic E-state index is -0.394. The van der Waals surface area contributed by atoms with Gasteiger partial charge in [0.15, 0.2) is 6.61 Å². The molecule has 1 amide bonds. The second-order valence-electron chi connectivity index (χ2n) is 5.12. The molecule has 0 aliphatic heterocycles.